The van der Waals surface area contributed by atoms with Crippen LogP contribution in [0.15, 0.2) is 48.7 Å². The highest BCUT2D eigenvalue weighted by Crippen LogP contribution is 2.15. The van der Waals surface area contributed by atoms with E-state index in [4.69, 9.17) is 21.4 Å². The number of nitrogens with one attached hydrogen (secondary N) is 1. The van der Waals surface area contributed by atoms with E-state index in [1.165, 1.54) is 12.3 Å². The second-order valence-electron chi connectivity index (χ2n) is 4.76. The molecule has 0 radical (unpaired) electrons. The quantitative estimate of drug-likeness (QED) is 0.783. The van der Waals surface area contributed by atoms with Crippen LogP contribution in [0.5, 0.6) is 0 Å². The molecule has 124 valence electrons. The fraction of sp³-hybridized carbons (Fsp3) is 0.118. The van der Waals surface area contributed by atoms with Gasteiger partial charge in [-0.05, 0) is 17.2 Å². The number of alkyl carbamates (subject to hydrolysis) is 1. The van der Waals surface area contributed by atoms with Crippen LogP contribution in [0.3, 0.4) is 0 Å². The normalized spacial score (nSPS) is 10.5. The van der Waals surface area contributed by atoms with Crippen LogP contribution in [0.1, 0.15) is 21.5 Å². The summed E-state index contributed by atoms with van der Waals surface area (Å²) in [6.45, 7) is 0.429. The van der Waals surface area contributed by atoms with Crippen LogP contribution in [-0.4, -0.2) is 28.7 Å². The van der Waals surface area contributed by atoms with E-state index in [0.29, 0.717) is 5.56 Å². The Morgan fingerprint density at radius 2 is 2.04 bits per heavy atom. The molecule has 2 rings (SSSR count). The molecule has 2 aromatic rings. The summed E-state index contributed by atoms with van der Waals surface area (Å²) in [7, 11) is 0. The molecule has 0 saturated heterocycles. The van der Waals surface area contributed by atoms with Gasteiger partial charge in [-0.2, -0.15) is 0 Å². The smallest absolute Gasteiger partial charge is 0.407 e. The average molecular weight is 347 g/mol. The summed E-state index contributed by atoms with van der Waals surface area (Å²) in [6.07, 6.45) is 4.19. The minimum atomic E-state index is -1.15. The summed E-state index contributed by atoms with van der Waals surface area (Å²) >= 11 is 5.69. The molecule has 0 bridgehead atoms. The Labute approximate surface area is 143 Å². The first-order valence-electron chi connectivity index (χ1n) is 7.06. The summed E-state index contributed by atoms with van der Waals surface area (Å²) in [5.41, 5.74) is 1.39. The van der Waals surface area contributed by atoms with E-state index in [2.05, 4.69) is 10.3 Å². The number of amides is 1. The maximum absolute atomic E-state index is 11.5. The molecule has 0 spiro atoms. The maximum Gasteiger partial charge on any atom is 0.407 e. The van der Waals surface area contributed by atoms with Crippen molar-refractivity contribution in [3.05, 3.63) is 70.5 Å². The Morgan fingerprint density at radius 3 is 2.75 bits per heavy atom. The van der Waals surface area contributed by atoms with Crippen LogP contribution in [-0.2, 0) is 11.3 Å². The first-order chi connectivity index (χ1) is 11.6. The zero-order chi connectivity index (χ0) is 17.4. The molecule has 2 N–H and O–H groups in total. The van der Waals surface area contributed by atoms with Crippen molar-refractivity contribution in [1.82, 2.24) is 10.3 Å². The number of carbonyl (C=O) groups excluding carboxylic acids is 1. The molecule has 0 aliphatic carbocycles. The van der Waals surface area contributed by atoms with Crippen molar-refractivity contribution < 1.29 is 19.4 Å². The number of benzene rings is 1. The van der Waals surface area contributed by atoms with E-state index in [9.17, 15) is 9.59 Å². The number of hydrogen-bond donors (Lipinski definition) is 2. The van der Waals surface area contributed by atoms with Gasteiger partial charge in [-0.25, -0.2) is 14.6 Å². The minimum absolute atomic E-state index is 0.0673. The Kier molecular flexibility index (Phi) is 6.33. The van der Waals surface area contributed by atoms with E-state index in [-0.39, 0.29) is 23.9 Å². The fourth-order valence-electron chi connectivity index (χ4n) is 1.82. The van der Waals surface area contributed by atoms with Gasteiger partial charge in [-0.15, -0.1) is 0 Å². The van der Waals surface area contributed by atoms with Gasteiger partial charge in [0.25, 0.3) is 0 Å². The average Bonchev–Trinajstić information content (AvgIpc) is 2.59. The predicted molar refractivity (Wildman–Crippen MR) is 89.9 cm³/mol. The van der Waals surface area contributed by atoms with Gasteiger partial charge in [-0.1, -0.05) is 54.1 Å². The largest absolute Gasteiger partial charge is 0.478 e. The molecule has 0 aliphatic heterocycles. The zero-order valence-electron chi connectivity index (χ0n) is 12.6. The molecule has 0 atom stereocenters. The van der Waals surface area contributed by atoms with Gasteiger partial charge in [0.2, 0.25) is 0 Å². The number of rotatable bonds is 6. The van der Waals surface area contributed by atoms with Gasteiger partial charge in [0.15, 0.2) is 0 Å². The topological polar surface area (TPSA) is 88.5 Å². The summed E-state index contributed by atoms with van der Waals surface area (Å²) in [6, 6.07) is 10.7. The highest BCUT2D eigenvalue weighted by Gasteiger charge is 2.09. The molecule has 0 aliphatic rings. The van der Waals surface area contributed by atoms with Crippen LogP contribution in [0.25, 0.3) is 6.08 Å². The molecule has 1 aromatic heterocycles. The molecule has 1 amide bonds. The third-order valence-corrected chi connectivity index (χ3v) is 3.28. The number of pyridine rings is 1. The van der Waals surface area contributed by atoms with Crippen molar-refractivity contribution in [2.24, 2.45) is 0 Å². The summed E-state index contributed by atoms with van der Waals surface area (Å²) < 4.78 is 5.06. The molecular formula is C17H15ClN2O4. The molecule has 0 saturated carbocycles. The number of aromatic nitrogens is 1. The van der Waals surface area contributed by atoms with E-state index in [1.807, 2.05) is 30.3 Å². The van der Waals surface area contributed by atoms with E-state index in [1.54, 1.807) is 12.2 Å². The lowest BCUT2D eigenvalue weighted by Crippen LogP contribution is -2.24. The van der Waals surface area contributed by atoms with Crippen molar-refractivity contribution in [1.29, 1.82) is 0 Å². The third kappa shape index (κ3) is 5.40. The number of carboxylic acids is 1. The number of carboxylic acid groups (broad SMARTS) is 1. The molecule has 24 heavy (non-hydrogen) atoms. The minimum Gasteiger partial charge on any atom is -0.478 e. The predicted octanol–water partition coefficient (Wildman–Crippen LogP) is 3.37. The molecular weight excluding hydrogens is 332 g/mol. The lowest BCUT2D eigenvalue weighted by Gasteiger charge is -2.05. The molecule has 0 unspecified atom stereocenters. The number of ether oxygens (including phenoxy) is 1. The van der Waals surface area contributed by atoms with Gasteiger partial charge < -0.3 is 15.2 Å². The Hall–Kier alpha value is -2.86. The molecule has 6 nitrogen and oxygen atoms in total. The Morgan fingerprint density at radius 1 is 1.29 bits per heavy atom. The Balaban J connectivity index is 1.79. The van der Waals surface area contributed by atoms with Gasteiger partial charge >= 0.3 is 12.1 Å². The van der Waals surface area contributed by atoms with Crippen LogP contribution < -0.4 is 5.32 Å². The number of hydrogen-bond acceptors (Lipinski definition) is 4. The number of halogens is 1. The monoisotopic (exact) mass is 346 g/mol. The third-order valence-electron chi connectivity index (χ3n) is 2.98. The van der Waals surface area contributed by atoms with Crippen molar-refractivity contribution >= 4 is 29.7 Å². The zero-order valence-corrected chi connectivity index (χ0v) is 13.4. The van der Waals surface area contributed by atoms with Crippen LogP contribution >= 0.6 is 11.6 Å². The van der Waals surface area contributed by atoms with Crippen LogP contribution in [0.2, 0.25) is 5.15 Å². The van der Waals surface area contributed by atoms with Crippen molar-refractivity contribution in [2.45, 2.75) is 6.61 Å². The van der Waals surface area contributed by atoms with Gasteiger partial charge in [0, 0.05) is 12.7 Å². The number of nitrogens with zero attached hydrogens (tertiary/aromatic N) is 1. The first-order valence-corrected chi connectivity index (χ1v) is 7.44. The SMILES string of the molecule is O=C(NCC=Cc1cnc(Cl)c(C(=O)O)c1)OCc1ccccc1. The van der Waals surface area contributed by atoms with Gasteiger partial charge in [0.1, 0.15) is 11.8 Å². The van der Waals surface area contributed by atoms with E-state index >= 15 is 0 Å². The maximum atomic E-state index is 11.5. The van der Waals surface area contributed by atoms with Gasteiger partial charge in [-0.3, -0.25) is 0 Å². The molecule has 1 aromatic carbocycles. The lowest BCUT2D eigenvalue weighted by molar-refractivity contribution is 0.0696. The molecule has 1 heterocycles. The summed E-state index contributed by atoms with van der Waals surface area (Å²) in [5, 5.41) is 11.5. The lowest BCUT2D eigenvalue weighted by atomic mass is 10.2. The van der Waals surface area contributed by atoms with Crippen molar-refractivity contribution in [3.63, 3.8) is 0 Å². The van der Waals surface area contributed by atoms with Crippen LogP contribution in [0, 0.1) is 0 Å². The van der Waals surface area contributed by atoms with Crippen molar-refractivity contribution in [3.8, 4) is 0 Å². The first kappa shape index (κ1) is 17.5. The number of aromatic carboxylic acids is 1. The molecule has 7 heteroatoms. The second kappa shape index (κ2) is 8.69. The van der Waals surface area contributed by atoms with E-state index < -0.39 is 12.1 Å². The number of carbonyl (C=O) groups is 2. The van der Waals surface area contributed by atoms with Crippen LogP contribution in [0.4, 0.5) is 4.79 Å². The van der Waals surface area contributed by atoms with Gasteiger partial charge in [0.05, 0.1) is 5.56 Å². The fourth-order valence-corrected chi connectivity index (χ4v) is 2.00. The summed E-state index contributed by atoms with van der Waals surface area (Å²) in [4.78, 5) is 26.3. The Bertz CT molecular complexity index is 748. The molecule has 0 fully saturated rings. The highest BCUT2D eigenvalue weighted by molar-refractivity contribution is 6.32. The second-order valence-corrected chi connectivity index (χ2v) is 5.12. The standard InChI is InChI=1S/C17H15ClN2O4/c18-15-14(16(21)22)9-13(10-20-15)7-4-8-19-17(23)24-11-12-5-2-1-3-6-12/h1-7,9-10H,8,11H2,(H,19,23)(H,21,22). The van der Waals surface area contributed by atoms with Crippen molar-refractivity contribution in [2.75, 3.05) is 6.54 Å². The van der Waals surface area contributed by atoms with E-state index in [0.717, 1.165) is 5.56 Å². The summed E-state index contributed by atoms with van der Waals surface area (Å²) in [5.74, 6) is -1.15. The highest BCUT2D eigenvalue weighted by atomic mass is 35.5.